The molecular formula is C12H18N2O5. The minimum Gasteiger partial charge on any atom is -0.459 e. The van der Waals surface area contributed by atoms with Gasteiger partial charge in [0.05, 0.1) is 26.0 Å². The van der Waals surface area contributed by atoms with Gasteiger partial charge in [0, 0.05) is 13.2 Å². The van der Waals surface area contributed by atoms with Gasteiger partial charge in [-0.1, -0.05) is 0 Å². The van der Waals surface area contributed by atoms with Crippen molar-refractivity contribution in [2.24, 2.45) is 0 Å². The van der Waals surface area contributed by atoms with Crippen molar-refractivity contribution in [2.45, 2.75) is 6.42 Å². The summed E-state index contributed by atoms with van der Waals surface area (Å²) < 4.78 is 9.91. The molecular weight excluding hydrogens is 252 g/mol. The topological polar surface area (TPSA) is 101 Å². The third kappa shape index (κ3) is 6.58. The zero-order chi connectivity index (χ0) is 13.9. The highest BCUT2D eigenvalue weighted by molar-refractivity contribution is 5.94. The van der Waals surface area contributed by atoms with Gasteiger partial charge in [-0.3, -0.25) is 9.59 Å². The molecule has 0 bridgehead atoms. The molecule has 1 heterocycles. The Morgan fingerprint density at radius 2 is 2.16 bits per heavy atom. The van der Waals surface area contributed by atoms with Gasteiger partial charge in [0.15, 0.2) is 5.76 Å². The van der Waals surface area contributed by atoms with Crippen molar-refractivity contribution >= 4 is 11.8 Å². The molecule has 0 saturated heterocycles. The Balaban J connectivity index is 2.03. The molecule has 0 fully saturated rings. The summed E-state index contributed by atoms with van der Waals surface area (Å²) in [6.07, 6.45) is 2.04. The van der Waals surface area contributed by atoms with Crippen LogP contribution in [0.4, 0.5) is 0 Å². The third-order valence-electron chi connectivity index (χ3n) is 2.18. The smallest absolute Gasteiger partial charge is 0.287 e. The number of rotatable bonds is 9. The lowest BCUT2D eigenvalue weighted by atomic mass is 10.4. The van der Waals surface area contributed by atoms with Crippen LogP contribution in [-0.4, -0.2) is 49.8 Å². The Bertz CT molecular complexity index is 377. The molecule has 0 spiro atoms. The maximum absolute atomic E-state index is 11.4. The molecule has 7 heteroatoms. The molecule has 0 atom stereocenters. The van der Waals surface area contributed by atoms with Crippen molar-refractivity contribution < 1.29 is 23.8 Å². The Morgan fingerprint density at radius 3 is 2.84 bits per heavy atom. The monoisotopic (exact) mass is 270 g/mol. The molecule has 0 aromatic carbocycles. The highest BCUT2D eigenvalue weighted by atomic mass is 16.5. The van der Waals surface area contributed by atoms with Crippen LogP contribution in [0.15, 0.2) is 22.8 Å². The second kappa shape index (κ2) is 9.12. The largest absolute Gasteiger partial charge is 0.459 e. The van der Waals surface area contributed by atoms with Gasteiger partial charge < -0.3 is 24.9 Å². The first kappa shape index (κ1) is 15.2. The SMILES string of the molecule is O=C(CNC(=O)c1ccco1)NCCCOCCO. The number of aliphatic hydroxyl groups excluding tert-OH is 1. The number of furan rings is 1. The predicted octanol–water partition coefficient (Wildman–Crippen LogP) is -0.475. The summed E-state index contributed by atoms with van der Waals surface area (Å²) in [7, 11) is 0. The zero-order valence-electron chi connectivity index (χ0n) is 10.6. The van der Waals surface area contributed by atoms with Crippen LogP contribution in [0.3, 0.4) is 0 Å². The molecule has 19 heavy (non-hydrogen) atoms. The van der Waals surface area contributed by atoms with Crippen LogP contribution in [0.2, 0.25) is 0 Å². The number of aliphatic hydroxyl groups is 1. The summed E-state index contributed by atoms with van der Waals surface area (Å²) in [5, 5.41) is 13.5. The summed E-state index contributed by atoms with van der Waals surface area (Å²) in [6.45, 7) is 1.12. The summed E-state index contributed by atoms with van der Waals surface area (Å²) >= 11 is 0. The van der Waals surface area contributed by atoms with E-state index in [9.17, 15) is 9.59 Å². The van der Waals surface area contributed by atoms with E-state index >= 15 is 0 Å². The van der Waals surface area contributed by atoms with E-state index < -0.39 is 5.91 Å². The van der Waals surface area contributed by atoms with Crippen LogP contribution in [0.5, 0.6) is 0 Å². The van der Waals surface area contributed by atoms with Gasteiger partial charge in [0.2, 0.25) is 5.91 Å². The van der Waals surface area contributed by atoms with Crippen LogP contribution in [0.1, 0.15) is 17.0 Å². The van der Waals surface area contributed by atoms with E-state index in [4.69, 9.17) is 14.3 Å². The maximum Gasteiger partial charge on any atom is 0.287 e. The fraction of sp³-hybridized carbons (Fsp3) is 0.500. The number of ether oxygens (including phenoxy) is 1. The van der Waals surface area contributed by atoms with Gasteiger partial charge in [0.1, 0.15) is 0 Å². The van der Waals surface area contributed by atoms with Gasteiger partial charge in [-0.2, -0.15) is 0 Å². The van der Waals surface area contributed by atoms with Crippen molar-refractivity contribution in [1.29, 1.82) is 0 Å². The van der Waals surface area contributed by atoms with E-state index in [0.29, 0.717) is 26.2 Å². The molecule has 0 aliphatic carbocycles. The van der Waals surface area contributed by atoms with E-state index in [2.05, 4.69) is 10.6 Å². The molecule has 0 unspecified atom stereocenters. The quantitative estimate of drug-likeness (QED) is 0.526. The molecule has 0 aliphatic rings. The molecule has 0 saturated carbocycles. The second-order valence-corrected chi connectivity index (χ2v) is 3.70. The van der Waals surface area contributed by atoms with E-state index in [1.165, 1.54) is 12.3 Å². The number of hydrogen-bond donors (Lipinski definition) is 3. The van der Waals surface area contributed by atoms with Crippen molar-refractivity contribution in [3.05, 3.63) is 24.2 Å². The minimum absolute atomic E-state index is 0.00876. The average molecular weight is 270 g/mol. The summed E-state index contributed by atoms with van der Waals surface area (Å²) in [5.41, 5.74) is 0. The standard InChI is InChI=1S/C12H18N2O5/c15-5-8-18-6-2-4-13-11(16)9-14-12(17)10-3-1-7-19-10/h1,3,7,15H,2,4-6,8-9H2,(H,13,16)(H,14,17). The fourth-order valence-corrected chi connectivity index (χ4v) is 1.29. The van der Waals surface area contributed by atoms with Crippen molar-refractivity contribution in [1.82, 2.24) is 10.6 Å². The zero-order valence-corrected chi connectivity index (χ0v) is 10.6. The normalized spacial score (nSPS) is 10.2. The lowest BCUT2D eigenvalue weighted by Crippen LogP contribution is -2.37. The summed E-state index contributed by atoms with van der Waals surface area (Å²) in [4.78, 5) is 22.8. The number of nitrogens with one attached hydrogen (secondary N) is 2. The number of carbonyl (C=O) groups excluding carboxylic acids is 2. The molecule has 0 radical (unpaired) electrons. The summed E-state index contributed by atoms with van der Waals surface area (Å²) in [6, 6.07) is 3.12. The van der Waals surface area contributed by atoms with Crippen molar-refractivity contribution in [3.63, 3.8) is 0 Å². The average Bonchev–Trinajstić information content (AvgIpc) is 2.94. The number of amides is 2. The molecule has 0 aliphatic heterocycles. The molecule has 106 valence electrons. The Kier molecular flexibility index (Phi) is 7.30. The van der Waals surface area contributed by atoms with Crippen LogP contribution >= 0.6 is 0 Å². The molecule has 2 amide bonds. The van der Waals surface area contributed by atoms with Crippen LogP contribution in [-0.2, 0) is 9.53 Å². The van der Waals surface area contributed by atoms with E-state index in [1.54, 1.807) is 6.07 Å². The van der Waals surface area contributed by atoms with Crippen LogP contribution in [0.25, 0.3) is 0 Å². The minimum atomic E-state index is -0.425. The molecule has 1 aromatic heterocycles. The molecule has 3 N–H and O–H groups in total. The lowest BCUT2D eigenvalue weighted by Gasteiger charge is -2.06. The predicted molar refractivity (Wildman–Crippen MR) is 66.6 cm³/mol. The first-order valence-corrected chi connectivity index (χ1v) is 6.01. The first-order chi connectivity index (χ1) is 9.24. The van der Waals surface area contributed by atoms with Crippen LogP contribution < -0.4 is 10.6 Å². The van der Waals surface area contributed by atoms with Crippen molar-refractivity contribution in [2.75, 3.05) is 32.9 Å². The second-order valence-electron chi connectivity index (χ2n) is 3.70. The number of carbonyl (C=O) groups is 2. The Hall–Kier alpha value is -1.86. The Labute approximate surface area is 110 Å². The molecule has 1 rings (SSSR count). The van der Waals surface area contributed by atoms with E-state index in [1.807, 2.05) is 0 Å². The summed E-state index contributed by atoms with van der Waals surface area (Å²) in [5.74, 6) is -0.529. The first-order valence-electron chi connectivity index (χ1n) is 6.01. The van der Waals surface area contributed by atoms with E-state index in [0.717, 1.165) is 0 Å². The highest BCUT2D eigenvalue weighted by Crippen LogP contribution is 1.98. The fourth-order valence-electron chi connectivity index (χ4n) is 1.29. The van der Waals surface area contributed by atoms with Crippen molar-refractivity contribution in [3.8, 4) is 0 Å². The van der Waals surface area contributed by atoms with E-state index in [-0.39, 0.29) is 24.8 Å². The van der Waals surface area contributed by atoms with Gasteiger partial charge in [0.25, 0.3) is 5.91 Å². The molecule has 1 aromatic rings. The Morgan fingerprint density at radius 1 is 1.32 bits per heavy atom. The third-order valence-corrected chi connectivity index (χ3v) is 2.18. The number of hydrogen-bond acceptors (Lipinski definition) is 5. The van der Waals surface area contributed by atoms with Crippen LogP contribution in [0, 0.1) is 0 Å². The van der Waals surface area contributed by atoms with Gasteiger partial charge >= 0.3 is 0 Å². The maximum atomic E-state index is 11.4. The van der Waals surface area contributed by atoms with Gasteiger partial charge in [-0.05, 0) is 18.6 Å². The lowest BCUT2D eigenvalue weighted by molar-refractivity contribution is -0.120. The van der Waals surface area contributed by atoms with Gasteiger partial charge in [-0.15, -0.1) is 0 Å². The molecule has 7 nitrogen and oxygen atoms in total. The highest BCUT2D eigenvalue weighted by Gasteiger charge is 2.09. The van der Waals surface area contributed by atoms with Gasteiger partial charge in [-0.25, -0.2) is 0 Å².